The van der Waals surface area contributed by atoms with Crippen LogP contribution in [0.15, 0.2) is 0 Å². The minimum Gasteiger partial charge on any atom is -0.481 e. The third-order valence-corrected chi connectivity index (χ3v) is 4.59. The van der Waals surface area contributed by atoms with Crippen LogP contribution in [0, 0.1) is 5.41 Å². The minimum atomic E-state index is -3.89. The molecule has 0 saturated heterocycles. The summed E-state index contributed by atoms with van der Waals surface area (Å²) in [7, 11) is -2.79. The van der Waals surface area contributed by atoms with Gasteiger partial charge in [-0.15, -0.1) is 0 Å². The lowest BCUT2D eigenvalue weighted by Gasteiger charge is -2.14. The Balaban J connectivity index is 2.62. The second-order valence-corrected chi connectivity index (χ2v) is 6.20. The summed E-state index contributed by atoms with van der Waals surface area (Å²) < 4.78 is 29.7. The molecular formula is C9H15NO6S. The molecule has 0 amide bonds. The van der Waals surface area contributed by atoms with Gasteiger partial charge in [0, 0.05) is 6.54 Å². The SMILES string of the molecule is COC(=O)C(C)S(=O)(=O)NCC1(C(=O)O)CC1. The molecular weight excluding hydrogens is 250 g/mol. The third-order valence-electron chi connectivity index (χ3n) is 2.92. The molecule has 0 bridgehead atoms. The zero-order chi connectivity index (χ0) is 13.3. The van der Waals surface area contributed by atoms with Gasteiger partial charge >= 0.3 is 11.9 Å². The van der Waals surface area contributed by atoms with Crippen LogP contribution in [-0.2, 0) is 24.3 Å². The number of hydrogen-bond donors (Lipinski definition) is 2. The molecule has 1 atom stereocenters. The smallest absolute Gasteiger partial charge is 0.325 e. The average molecular weight is 265 g/mol. The van der Waals surface area contributed by atoms with Gasteiger partial charge in [-0.1, -0.05) is 0 Å². The van der Waals surface area contributed by atoms with Gasteiger partial charge in [-0.05, 0) is 19.8 Å². The average Bonchev–Trinajstić information content (AvgIpc) is 3.05. The second kappa shape index (κ2) is 4.61. The van der Waals surface area contributed by atoms with Crippen molar-refractivity contribution in [1.29, 1.82) is 0 Å². The molecule has 1 saturated carbocycles. The van der Waals surface area contributed by atoms with E-state index in [1.165, 1.54) is 6.92 Å². The Labute approximate surface area is 99.2 Å². The number of methoxy groups -OCH3 is 1. The number of rotatable bonds is 6. The first-order valence-electron chi connectivity index (χ1n) is 5.05. The highest BCUT2D eigenvalue weighted by Gasteiger charge is 2.51. The van der Waals surface area contributed by atoms with Gasteiger partial charge in [-0.2, -0.15) is 0 Å². The van der Waals surface area contributed by atoms with Crippen LogP contribution in [0.3, 0.4) is 0 Å². The van der Waals surface area contributed by atoms with Crippen molar-refractivity contribution in [3.05, 3.63) is 0 Å². The Hall–Kier alpha value is -1.15. The predicted octanol–water partition coefficient (Wildman–Crippen LogP) is -0.668. The van der Waals surface area contributed by atoms with Crippen LogP contribution in [0.4, 0.5) is 0 Å². The van der Waals surface area contributed by atoms with Crippen LogP contribution < -0.4 is 4.72 Å². The van der Waals surface area contributed by atoms with Crippen LogP contribution in [0.2, 0.25) is 0 Å². The Morgan fingerprint density at radius 3 is 2.35 bits per heavy atom. The van der Waals surface area contributed by atoms with Crippen molar-refractivity contribution < 1.29 is 27.9 Å². The topological polar surface area (TPSA) is 110 Å². The fourth-order valence-electron chi connectivity index (χ4n) is 1.27. The van der Waals surface area contributed by atoms with Crippen LogP contribution >= 0.6 is 0 Å². The third kappa shape index (κ3) is 2.95. The van der Waals surface area contributed by atoms with Crippen molar-refractivity contribution in [3.8, 4) is 0 Å². The Kier molecular flexibility index (Phi) is 3.78. The first kappa shape index (κ1) is 13.9. The molecule has 0 spiro atoms. The molecule has 0 aromatic heterocycles. The fraction of sp³-hybridized carbons (Fsp3) is 0.778. The number of nitrogens with one attached hydrogen (secondary N) is 1. The molecule has 1 fully saturated rings. The molecule has 0 heterocycles. The lowest BCUT2D eigenvalue weighted by atomic mass is 10.1. The van der Waals surface area contributed by atoms with Gasteiger partial charge < -0.3 is 9.84 Å². The van der Waals surface area contributed by atoms with E-state index in [9.17, 15) is 18.0 Å². The van der Waals surface area contributed by atoms with E-state index < -0.39 is 32.6 Å². The summed E-state index contributed by atoms with van der Waals surface area (Å²) in [6, 6.07) is 0. The predicted molar refractivity (Wildman–Crippen MR) is 57.7 cm³/mol. The van der Waals surface area contributed by atoms with Gasteiger partial charge in [0.25, 0.3) is 0 Å². The van der Waals surface area contributed by atoms with E-state index in [1.807, 2.05) is 0 Å². The van der Waals surface area contributed by atoms with Crippen molar-refractivity contribution in [2.45, 2.75) is 25.0 Å². The number of sulfonamides is 1. The lowest BCUT2D eigenvalue weighted by Crippen LogP contribution is -2.42. The van der Waals surface area contributed by atoms with Crippen molar-refractivity contribution in [1.82, 2.24) is 4.72 Å². The molecule has 0 aliphatic heterocycles. The Bertz CT molecular complexity index is 425. The highest BCUT2D eigenvalue weighted by Crippen LogP contribution is 2.45. The monoisotopic (exact) mass is 265 g/mol. The van der Waals surface area contributed by atoms with E-state index in [0.29, 0.717) is 12.8 Å². The summed E-state index contributed by atoms with van der Waals surface area (Å²) in [5.74, 6) is -1.90. The number of carbonyl (C=O) groups excluding carboxylic acids is 1. The zero-order valence-electron chi connectivity index (χ0n) is 9.60. The number of esters is 1. The minimum absolute atomic E-state index is 0.188. The molecule has 1 rings (SSSR count). The molecule has 1 aliphatic rings. The molecule has 2 N–H and O–H groups in total. The van der Waals surface area contributed by atoms with Crippen molar-refractivity contribution in [3.63, 3.8) is 0 Å². The van der Waals surface area contributed by atoms with Gasteiger partial charge in [0.2, 0.25) is 10.0 Å². The van der Waals surface area contributed by atoms with Gasteiger partial charge in [-0.3, -0.25) is 9.59 Å². The number of hydrogen-bond acceptors (Lipinski definition) is 5. The molecule has 0 aromatic carbocycles. The summed E-state index contributed by atoms with van der Waals surface area (Å²) in [5.41, 5.74) is -0.997. The van der Waals surface area contributed by atoms with E-state index in [0.717, 1.165) is 7.11 Å². The first-order chi connectivity index (χ1) is 7.75. The summed E-state index contributed by atoms with van der Waals surface area (Å²) in [4.78, 5) is 21.9. The molecule has 0 aromatic rings. The van der Waals surface area contributed by atoms with E-state index in [2.05, 4.69) is 9.46 Å². The van der Waals surface area contributed by atoms with Gasteiger partial charge in [0.1, 0.15) is 0 Å². The number of ether oxygens (including phenoxy) is 1. The molecule has 0 radical (unpaired) electrons. The molecule has 8 heteroatoms. The van der Waals surface area contributed by atoms with Crippen LogP contribution in [-0.4, -0.2) is 44.4 Å². The largest absolute Gasteiger partial charge is 0.481 e. The summed E-state index contributed by atoms with van der Waals surface area (Å²) in [5, 5.41) is 7.52. The standard InChI is InChI=1S/C9H15NO6S/c1-6(7(11)16-2)17(14,15)10-5-9(3-4-9)8(12)13/h6,10H,3-5H2,1-2H3,(H,12,13). The van der Waals surface area contributed by atoms with E-state index >= 15 is 0 Å². The fourth-order valence-corrected chi connectivity index (χ4v) is 2.35. The van der Waals surface area contributed by atoms with Crippen LogP contribution in [0.5, 0.6) is 0 Å². The van der Waals surface area contributed by atoms with Crippen LogP contribution in [0.1, 0.15) is 19.8 Å². The highest BCUT2D eigenvalue weighted by atomic mass is 32.2. The number of carbonyl (C=O) groups is 2. The van der Waals surface area contributed by atoms with Crippen LogP contribution in [0.25, 0.3) is 0 Å². The highest BCUT2D eigenvalue weighted by molar-refractivity contribution is 7.90. The van der Waals surface area contributed by atoms with Gasteiger partial charge in [0.05, 0.1) is 12.5 Å². The Morgan fingerprint density at radius 2 is 2.00 bits per heavy atom. The zero-order valence-corrected chi connectivity index (χ0v) is 10.4. The summed E-state index contributed by atoms with van der Waals surface area (Å²) in [6.07, 6.45) is 0.884. The molecule has 1 unspecified atom stereocenters. The maximum atomic E-state index is 11.6. The number of aliphatic carboxylic acids is 1. The number of carboxylic acids is 1. The van der Waals surface area contributed by atoms with Crippen molar-refractivity contribution >= 4 is 22.0 Å². The molecule has 7 nitrogen and oxygen atoms in total. The lowest BCUT2D eigenvalue weighted by molar-refractivity contribution is -0.143. The molecule has 1 aliphatic carbocycles. The Morgan fingerprint density at radius 1 is 1.47 bits per heavy atom. The van der Waals surface area contributed by atoms with Crippen molar-refractivity contribution in [2.75, 3.05) is 13.7 Å². The van der Waals surface area contributed by atoms with E-state index in [1.54, 1.807) is 0 Å². The maximum absolute atomic E-state index is 11.6. The van der Waals surface area contributed by atoms with E-state index in [-0.39, 0.29) is 6.54 Å². The quantitative estimate of drug-likeness (QED) is 0.616. The van der Waals surface area contributed by atoms with Gasteiger partial charge in [0.15, 0.2) is 5.25 Å². The van der Waals surface area contributed by atoms with Crippen molar-refractivity contribution in [2.24, 2.45) is 5.41 Å². The summed E-state index contributed by atoms with van der Waals surface area (Å²) >= 11 is 0. The maximum Gasteiger partial charge on any atom is 0.325 e. The summed E-state index contributed by atoms with van der Waals surface area (Å²) in [6.45, 7) is 1.00. The second-order valence-electron chi connectivity index (χ2n) is 4.12. The van der Waals surface area contributed by atoms with E-state index in [4.69, 9.17) is 5.11 Å². The van der Waals surface area contributed by atoms with Gasteiger partial charge in [-0.25, -0.2) is 13.1 Å². The first-order valence-corrected chi connectivity index (χ1v) is 6.59. The molecule has 98 valence electrons. The normalized spacial score (nSPS) is 19.4. The number of carboxylic acid groups (broad SMARTS) is 1. The molecule has 17 heavy (non-hydrogen) atoms.